The number of hydrogen-bond acceptors (Lipinski definition) is 6. The molecule has 4 heterocycles. The number of anilines is 3. The van der Waals surface area contributed by atoms with Crippen LogP contribution in [0.15, 0.2) is 30.5 Å². The fourth-order valence-electron chi connectivity index (χ4n) is 4.55. The molecular weight excluding hydrogens is 485 g/mol. The molecule has 2 aromatic heterocycles. The number of aromatic nitrogens is 3. The van der Waals surface area contributed by atoms with E-state index in [1.54, 1.807) is 23.1 Å². The van der Waals surface area contributed by atoms with Crippen LogP contribution in [0.3, 0.4) is 0 Å². The molecule has 1 aromatic carbocycles. The zero-order chi connectivity index (χ0) is 25.6. The molecule has 188 valence electrons. The largest absolute Gasteiger partial charge is 0.368 e. The Morgan fingerprint density at radius 1 is 1.28 bits per heavy atom. The van der Waals surface area contributed by atoms with Gasteiger partial charge >= 0.3 is 0 Å². The zero-order valence-corrected chi connectivity index (χ0v) is 21.0. The van der Waals surface area contributed by atoms with Gasteiger partial charge in [0, 0.05) is 49.8 Å². The lowest BCUT2D eigenvalue weighted by molar-refractivity contribution is -0.128. The van der Waals surface area contributed by atoms with Crippen LogP contribution >= 0.6 is 11.6 Å². The number of fused-ring (bicyclic) bond motifs is 2. The van der Waals surface area contributed by atoms with Gasteiger partial charge in [0.1, 0.15) is 17.5 Å². The predicted octanol–water partition coefficient (Wildman–Crippen LogP) is 4.37. The van der Waals surface area contributed by atoms with Gasteiger partial charge in [0.15, 0.2) is 5.82 Å². The molecular formula is C25H27ClFN7O2. The van der Waals surface area contributed by atoms with Crippen LogP contribution < -0.4 is 16.1 Å². The molecule has 0 spiro atoms. The monoisotopic (exact) mass is 511 g/mol. The smallest absolute Gasteiger partial charge is 0.245 e. The third kappa shape index (κ3) is 4.48. The molecule has 0 radical (unpaired) electrons. The number of benzene rings is 1. The molecule has 0 fully saturated rings. The van der Waals surface area contributed by atoms with Crippen molar-refractivity contribution in [1.29, 1.82) is 0 Å². The van der Waals surface area contributed by atoms with Crippen molar-refractivity contribution in [1.82, 2.24) is 19.8 Å². The SMILES string of the molecule is CC(=O)N1CC=C(c2cc3cc(Nc4cc5n(n4)NC(=O)C(C(C)C)CN5)ncc3c(Cl)c2F)CC1. The maximum absolute atomic E-state index is 15.1. The highest BCUT2D eigenvalue weighted by molar-refractivity contribution is 6.36. The first kappa shape index (κ1) is 24.1. The molecule has 3 N–H and O–H groups in total. The predicted molar refractivity (Wildman–Crippen MR) is 138 cm³/mol. The quantitative estimate of drug-likeness (QED) is 0.480. The summed E-state index contributed by atoms with van der Waals surface area (Å²) in [5, 5.41) is 12.0. The number of amides is 2. The Balaban J connectivity index is 1.41. The third-order valence-electron chi connectivity index (χ3n) is 6.73. The van der Waals surface area contributed by atoms with Crippen LogP contribution in [0.2, 0.25) is 5.02 Å². The van der Waals surface area contributed by atoms with E-state index < -0.39 is 5.82 Å². The van der Waals surface area contributed by atoms with Crippen LogP contribution in [-0.4, -0.2) is 51.2 Å². The average molecular weight is 512 g/mol. The summed E-state index contributed by atoms with van der Waals surface area (Å²) in [4.78, 5) is 31.6. The molecule has 36 heavy (non-hydrogen) atoms. The summed E-state index contributed by atoms with van der Waals surface area (Å²) in [7, 11) is 0. The summed E-state index contributed by atoms with van der Waals surface area (Å²) in [6.07, 6.45) is 3.94. The van der Waals surface area contributed by atoms with Crippen molar-refractivity contribution in [2.75, 3.05) is 35.7 Å². The highest BCUT2D eigenvalue weighted by Crippen LogP contribution is 2.35. The minimum atomic E-state index is -0.492. The molecule has 1 unspecified atom stereocenters. The van der Waals surface area contributed by atoms with E-state index >= 15 is 4.39 Å². The van der Waals surface area contributed by atoms with Gasteiger partial charge in [-0.3, -0.25) is 9.59 Å². The molecule has 0 bridgehead atoms. The van der Waals surface area contributed by atoms with E-state index in [4.69, 9.17) is 11.6 Å². The summed E-state index contributed by atoms with van der Waals surface area (Å²) < 4.78 is 15.1. The Morgan fingerprint density at radius 2 is 2.08 bits per heavy atom. The molecule has 11 heteroatoms. The molecule has 1 atom stereocenters. The number of pyridine rings is 1. The number of halogens is 2. The number of hydrogen-bond donors (Lipinski definition) is 3. The number of rotatable bonds is 4. The Hall–Kier alpha value is -3.66. The lowest BCUT2D eigenvalue weighted by Crippen LogP contribution is -2.33. The van der Waals surface area contributed by atoms with Crippen LogP contribution in [0.5, 0.6) is 0 Å². The summed E-state index contributed by atoms with van der Waals surface area (Å²) in [5.74, 6) is 1.09. The van der Waals surface area contributed by atoms with Crippen molar-refractivity contribution in [3.05, 3.63) is 46.9 Å². The Morgan fingerprint density at radius 3 is 2.78 bits per heavy atom. The molecule has 2 aliphatic heterocycles. The first-order valence-corrected chi connectivity index (χ1v) is 12.2. The number of nitrogens with zero attached hydrogens (tertiary/aromatic N) is 4. The second-order valence-corrected chi connectivity index (χ2v) is 9.82. The third-order valence-corrected chi connectivity index (χ3v) is 7.10. The molecule has 0 aliphatic carbocycles. The first-order valence-electron chi connectivity index (χ1n) is 11.9. The summed E-state index contributed by atoms with van der Waals surface area (Å²) >= 11 is 6.38. The van der Waals surface area contributed by atoms with Crippen molar-refractivity contribution in [3.63, 3.8) is 0 Å². The number of carbonyl (C=O) groups excluding carboxylic acids is 2. The minimum absolute atomic E-state index is 0.00445. The van der Waals surface area contributed by atoms with E-state index in [0.717, 1.165) is 11.0 Å². The van der Waals surface area contributed by atoms with Crippen LogP contribution in [0.1, 0.15) is 32.8 Å². The Kier molecular flexibility index (Phi) is 6.29. The van der Waals surface area contributed by atoms with Gasteiger partial charge in [-0.1, -0.05) is 31.5 Å². The fourth-order valence-corrected chi connectivity index (χ4v) is 4.81. The summed E-state index contributed by atoms with van der Waals surface area (Å²) in [6.45, 7) is 7.03. The first-order chi connectivity index (χ1) is 17.2. The van der Waals surface area contributed by atoms with Crippen molar-refractivity contribution in [3.8, 4) is 0 Å². The zero-order valence-electron chi connectivity index (χ0n) is 20.2. The number of carbonyl (C=O) groups is 2. The molecule has 9 nitrogen and oxygen atoms in total. The Labute approximate surface area is 212 Å². The van der Waals surface area contributed by atoms with Gasteiger partial charge < -0.3 is 15.5 Å². The van der Waals surface area contributed by atoms with Gasteiger partial charge in [-0.05, 0) is 35.4 Å². The van der Waals surface area contributed by atoms with Crippen LogP contribution in [0.25, 0.3) is 16.3 Å². The standard InChI is InChI=1S/C25H27ClFN7O2/c1-13(2)18-11-29-22-10-21(31-34(22)32-25(18)36)30-20-9-16-8-17(24(27)23(26)19(16)12-28-20)15-4-6-33(7-5-15)14(3)35/h4,8-10,12-13,18,29H,5-7,11H2,1-3H3,(H,32,36)(H,28,30,31). The van der Waals surface area contributed by atoms with E-state index in [1.807, 2.05) is 19.9 Å². The molecule has 0 saturated heterocycles. The summed E-state index contributed by atoms with van der Waals surface area (Å²) in [5.41, 5.74) is 4.05. The molecule has 0 saturated carbocycles. The van der Waals surface area contributed by atoms with Gasteiger partial charge in [-0.15, -0.1) is 5.10 Å². The second kappa shape index (κ2) is 9.42. The van der Waals surface area contributed by atoms with E-state index in [2.05, 4.69) is 26.1 Å². The highest BCUT2D eigenvalue weighted by atomic mass is 35.5. The summed E-state index contributed by atoms with van der Waals surface area (Å²) in [6, 6.07) is 5.32. The van der Waals surface area contributed by atoms with E-state index in [1.165, 1.54) is 17.9 Å². The van der Waals surface area contributed by atoms with Gasteiger partial charge in [0.2, 0.25) is 11.8 Å². The van der Waals surface area contributed by atoms with E-state index in [-0.39, 0.29) is 28.7 Å². The molecule has 5 rings (SSSR count). The molecule has 2 aliphatic rings. The van der Waals surface area contributed by atoms with E-state index in [0.29, 0.717) is 54.5 Å². The fraction of sp³-hybridized carbons (Fsp3) is 0.360. The maximum Gasteiger partial charge on any atom is 0.245 e. The lowest BCUT2D eigenvalue weighted by Gasteiger charge is -2.26. The second-order valence-electron chi connectivity index (χ2n) is 9.45. The average Bonchev–Trinajstić information content (AvgIpc) is 3.14. The van der Waals surface area contributed by atoms with E-state index in [9.17, 15) is 9.59 Å². The molecule has 3 aromatic rings. The number of nitrogens with one attached hydrogen (secondary N) is 3. The van der Waals surface area contributed by atoms with Gasteiger partial charge in [0.25, 0.3) is 0 Å². The van der Waals surface area contributed by atoms with Gasteiger partial charge in [-0.25, -0.2) is 14.8 Å². The van der Waals surface area contributed by atoms with Gasteiger partial charge in [0.05, 0.1) is 10.9 Å². The van der Waals surface area contributed by atoms with Crippen molar-refractivity contribution in [2.45, 2.75) is 27.2 Å². The van der Waals surface area contributed by atoms with Crippen LogP contribution in [0.4, 0.5) is 21.8 Å². The van der Waals surface area contributed by atoms with Crippen molar-refractivity contribution < 1.29 is 14.0 Å². The maximum atomic E-state index is 15.1. The normalized spacial score (nSPS) is 17.8. The topological polar surface area (TPSA) is 104 Å². The van der Waals surface area contributed by atoms with Crippen LogP contribution in [-0.2, 0) is 9.59 Å². The lowest BCUT2D eigenvalue weighted by atomic mass is 9.95. The highest BCUT2D eigenvalue weighted by Gasteiger charge is 2.27. The van der Waals surface area contributed by atoms with Gasteiger partial charge in [-0.2, -0.15) is 4.79 Å². The molecule has 2 amide bonds. The van der Waals surface area contributed by atoms with Crippen molar-refractivity contribution in [2.24, 2.45) is 11.8 Å². The minimum Gasteiger partial charge on any atom is -0.368 e. The Bertz CT molecular complexity index is 1400. The van der Waals surface area contributed by atoms with Crippen molar-refractivity contribution >= 4 is 57.2 Å². The van der Waals surface area contributed by atoms with Crippen LogP contribution in [0, 0.1) is 17.7 Å².